The Hall–Kier alpha value is -3.27. The molecule has 0 bridgehead atoms. The minimum atomic E-state index is -0.0995. The van der Waals surface area contributed by atoms with Gasteiger partial charge in [0.05, 0.1) is 11.0 Å². The summed E-state index contributed by atoms with van der Waals surface area (Å²) < 4.78 is 1.67. The highest BCUT2D eigenvalue weighted by molar-refractivity contribution is 6.20. The maximum Gasteiger partial charge on any atom is 0.264 e. The number of aromatic nitrogens is 2. The first kappa shape index (κ1) is 13.2. The molecule has 0 saturated carbocycles. The minimum Gasteiger partial charge on any atom is -0.294 e. The van der Waals surface area contributed by atoms with E-state index in [-0.39, 0.29) is 11.3 Å². The topological polar surface area (TPSA) is 51.4 Å². The monoisotopic (exact) mass is 312 g/mol. The number of pyridine rings is 1. The first-order chi connectivity index (χ1) is 11.7. The van der Waals surface area contributed by atoms with Gasteiger partial charge in [-0.15, -0.1) is 0 Å². The van der Waals surface area contributed by atoms with E-state index in [2.05, 4.69) is 4.98 Å². The van der Waals surface area contributed by atoms with Crippen molar-refractivity contribution in [1.29, 1.82) is 0 Å². The minimum absolute atomic E-state index is 0.00905. The number of hydrogen-bond acceptors (Lipinski definition) is 3. The number of ketones is 1. The lowest BCUT2D eigenvalue weighted by atomic mass is 9.96. The van der Waals surface area contributed by atoms with Gasteiger partial charge in [0.25, 0.3) is 5.56 Å². The van der Waals surface area contributed by atoms with Gasteiger partial charge in [0, 0.05) is 21.7 Å². The second kappa shape index (κ2) is 4.38. The Bertz CT molecular complexity index is 1350. The molecule has 114 valence electrons. The van der Waals surface area contributed by atoms with E-state index in [9.17, 15) is 9.59 Å². The Morgan fingerprint density at radius 1 is 0.917 bits per heavy atom. The van der Waals surface area contributed by atoms with Gasteiger partial charge >= 0.3 is 0 Å². The number of imidazole rings is 1. The lowest BCUT2D eigenvalue weighted by molar-refractivity contribution is 0.101. The zero-order chi connectivity index (χ0) is 16.4. The van der Waals surface area contributed by atoms with Gasteiger partial charge in [0.1, 0.15) is 5.65 Å². The summed E-state index contributed by atoms with van der Waals surface area (Å²) in [6.45, 7) is 1.55. The van der Waals surface area contributed by atoms with Crippen LogP contribution in [0.5, 0.6) is 0 Å². The smallest absolute Gasteiger partial charge is 0.264 e. The van der Waals surface area contributed by atoms with E-state index in [0.717, 1.165) is 27.2 Å². The second-order valence-electron chi connectivity index (χ2n) is 6.01. The predicted molar refractivity (Wildman–Crippen MR) is 95.2 cm³/mol. The van der Waals surface area contributed by atoms with Crippen LogP contribution in [0.1, 0.15) is 17.3 Å². The molecule has 5 rings (SSSR count). The fourth-order valence-electron chi connectivity index (χ4n) is 3.61. The number of rotatable bonds is 1. The van der Waals surface area contributed by atoms with Crippen LogP contribution in [0.25, 0.3) is 38.2 Å². The molecule has 24 heavy (non-hydrogen) atoms. The molecule has 5 aromatic rings. The molecule has 0 aliphatic heterocycles. The van der Waals surface area contributed by atoms with Crippen molar-refractivity contribution in [2.45, 2.75) is 6.92 Å². The van der Waals surface area contributed by atoms with Crippen molar-refractivity contribution in [3.63, 3.8) is 0 Å². The standard InChI is InChI=1S/C20H12N2O2/c1-11(23)12-9-10-15-18-13(12)5-4-6-14(18)19-21-16-7-2-3-8-17(16)22(19)20(15)24/h2-10H,1H3. The molecule has 0 fully saturated rings. The predicted octanol–water partition coefficient (Wildman–Crippen LogP) is 3.79. The van der Waals surface area contributed by atoms with Crippen LogP contribution in [0.3, 0.4) is 0 Å². The van der Waals surface area contributed by atoms with Crippen molar-refractivity contribution in [3.8, 4) is 0 Å². The lowest BCUT2D eigenvalue weighted by Gasteiger charge is -2.09. The van der Waals surface area contributed by atoms with Crippen molar-refractivity contribution in [2.24, 2.45) is 0 Å². The molecule has 0 atom stereocenters. The van der Waals surface area contributed by atoms with Gasteiger partial charge in [-0.2, -0.15) is 0 Å². The lowest BCUT2D eigenvalue weighted by Crippen LogP contribution is -2.13. The summed E-state index contributed by atoms with van der Waals surface area (Å²) in [5, 5.41) is 3.13. The van der Waals surface area contributed by atoms with Gasteiger partial charge in [0.2, 0.25) is 0 Å². The van der Waals surface area contributed by atoms with Crippen LogP contribution in [-0.4, -0.2) is 15.2 Å². The van der Waals surface area contributed by atoms with Gasteiger partial charge in [-0.05, 0) is 36.6 Å². The fourth-order valence-corrected chi connectivity index (χ4v) is 3.61. The van der Waals surface area contributed by atoms with Crippen molar-refractivity contribution in [3.05, 3.63) is 70.5 Å². The highest BCUT2D eigenvalue weighted by Crippen LogP contribution is 2.31. The highest BCUT2D eigenvalue weighted by Gasteiger charge is 2.17. The molecule has 3 aromatic carbocycles. The SMILES string of the molecule is CC(=O)c1ccc2c(=O)n3c4ccccc4nc3c3cccc1c23. The van der Waals surface area contributed by atoms with Gasteiger partial charge in [-0.25, -0.2) is 4.98 Å². The van der Waals surface area contributed by atoms with Gasteiger partial charge in [-0.3, -0.25) is 14.0 Å². The van der Waals surface area contributed by atoms with Crippen LogP contribution in [-0.2, 0) is 0 Å². The molecule has 4 heteroatoms. The molecule has 0 radical (unpaired) electrons. The highest BCUT2D eigenvalue weighted by atomic mass is 16.1. The second-order valence-corrected chi connectivity index (χ2v) is 6.01. The van der Waals surface area contributed by atoms with E-state index in [1.54, 1.807) is 23.5 Å². The maximum absolute atomic E-state index is 13.1. The first-order valence-electron chi connectivity index (χ1n) is 7.76. The van der Waals surface area contributed by atoms with Crippen molar-refractivity contribution >= 4 is 44.0 Å². The molecule has 0 spiro atoms. The summed E-state index contributed by atoms with van der Waals surface area (Å²) in [4.78, 5) is 29.7. The number of nitrogens with zero attached hydrogens (tertiary/aromatic N) is 2. The average Bonchev–Trinajstić information content (AvgIpc) is 2.98. The van der Waals surface area contributed by atoms with Crippen LogP contribution >= 0.6 is 0 Å². The third-order valence-corrected chi connectivity index (χ3v) is 4.66. The van der Waals surface area contributed by atoms with Crippen LogP contribution in [0.4, 0.5) is 0 Å². The number of carbonyl (C=O) groups excluding carboxylic acids is 1. The molecular weight excluding hydrogens is 300 g/mol. The number of carbonyl (C=O) groups is 1. The molecule has 0 unspecified atom stereocenters. The maximum atomic E-state index is 13.1. The Balaban J connectivity index is 2.18. The average molecular weight is 312 g/mol. The summed E-state index contributed by atoms with van der Waals surface area (Å²) in [5.41, 5.74) is 2.76. The number of hydrogen-bond donors (Lipinski definition) is 0. The van der Waals surface area contributed by atoms with Gasteiger partial charge < -0.3 is 0 Å². The Kier molecular flexibility index (Phi) is 2.41. The van der Waals surface area contributed by atoms with Crippen LogP contribution in [0, 0.1) is 0 Å². The normalized spacial score (nSPS) is 11.9. The molecule has 2 heterocycles. The van der Waals surface area contributed by atoms with Crippen LogP contribution < -0.4 is 5.56 Å². The summed E-state index contributed by atoms with van der Waals surface area (Å²) in [6, 6.07) is 16.9. The number of benzene rings is 3. The van der Waals surface area contributed by atoms with Gasteiger partial charge in [0.15, 0.2) is 5.78 Å². The number of para-hydroxylation sites is 2. The zero-order valence-electron chi connectivity index (χ0n) is 12.9. The molecule has 0 saturated heterocycles. The first-order valence-corrected chi connectivity index (χ1v) is 7.76. The van der Waals surface area contributed by atoms with E-state index in [0.29, 0.717) is 16.6 Å². The van der Waals surface area contributed by atoms with Crippen LogP contribution in [0.2, 0.25) is 0 Å². The third kappa shape index (κ3) is 1.50. The molecule has 4 nitrogen and oxygen atoms in total. The summed E-state index contributed by atoms with van der Waals surface area (Å²) in [6.07, 6.45) is 0. The summed E-state index contributed by atoms with van der Waals surface area (Å²) in [7, 11) is 0. The quantitative estimate of drug-likeness (QED) is 0.442. The summed E-state index contributed by atoms with van der Waals surface area (Å²) >= 11 is 0. The van der Waals surface area contributed by atoms with Gasteiger partial charge in [-0.1, -0.05) is 30.3 Å². The largest absolute Gasteiger partial charge is 0.294 e. The van der Waals surface area contributed by atoms with Crippen LogP contribution in [0.15, 0.2) is 59.4 Å². The zero-order valence-corrected chi connectivity index (χ0v) is 12.9. The number of Topliss-reactive ketones (excluding diaryl/α,β-unsaturated/α-hetero) is 1. The van der Waals surface area contributed by atoms with E-state index in [1.165, 1.54) is 0 Å². The molecule has 0 amide bonds. The Labute approximate surface area is 136 Å². The Morgan fingerprint density at radius 3 is 2.54 bits per heavy atom. The van der Waals surface area contributed by atoms with Crippen molar-refractivity contribution in [2.75, 3.05) is 0 Å². The van der Waals surface area contributed by atoms with E-state index < -0.39 is 0 Å². The fraction of sp³-hybridized carbons (Fsp3) is 0.0500. The molecular formula is C20H12N2O2. The van der Waals surface area contributed by atoms with E-state index >= 15 is 0 Å². The molecule has 0 aliphatic carbocycles. The Morgan fingerprint density at radius 2 is 1.71 bits per heavy atom. The molecule has 0 N–H and O–H groups in total. The molecule has 2 aromatic heterocycles. The third-order valence-electron chi connectivity index (χ3n) is 4.66. The van der Waals surface area contributed by atoms with E-state index in [4.69, 9.17) is 0 Å². The van der Waals surface area contributed by atoms with E-state index in [1.807, 2.05) is 42.5 Å². The number of fused-ring (bicyclic) bond motifs is 4. The van der Waals surface area contributed by atoms with Crippen molar-refractivity contribution in [1.82, 2.24) is 9.38 Å². The molecule has 0 aliphatic rings. The van der Waals surface area contributed by atoms with Crippen molar-refractivity contribution < 1.29 is 4.79 Å². The summed E-state index contributed by atoms with van der Waals surface area (Å²) in [5.74, 6) is -0.00905.